The van der Waals surface area contributed by atoms with Crippen molar-refractivity contribution in [3.8, 4) is 0 Å². The SMILES string of the molecule is Cc1nc(C)c(C(=O)O)c(SCc2nc(C)c(C)o2)n1. The standard InChI is InChI=1S/C13H15N3O3S/c1-6-8(3)19-10(15-6)5-20-12-11(13(17)18)7(2)14-9(4)16-12/h5H2,1-4H3,(H,17,18). The third-order valence-corrected chi connectivity index (χ3v) is 3.75. The number of aromatic nitrogens is 3. The van der Waals surface area contributed by atoms with Gasteiger partial charge in [-0.25, -0.2) is 19.7 Å². The molecular weight excluding hydrogens is 278 g/mol. The number of hydrogen-bond donors (Lipinski definition) is 1. The Balaban J connectivity index is 2.26. The van der Waals surface area contributed by atoms with Crippen LogP contribution in [0.5, 0.6) is 0 Å². The maximum Gasteiger partial charge on any atom is 0.340 e. The van der Waals surface area contributed by atoms with E-state index >= 15 is 0 Å². The van der Waals surface area contributed by atoms with E-state index in [1.54, 1.807) is 13.8 Å². The highest BCUT2D eigenvalue weighted by Crippen LogP contribution is 2.26. The second-order valence-corrected chi connectivity index (χ2v) is 5.34. The minimum absolute atomic E-state index is 0.139. The molecule has 0 radical (unpaired) electrons. The number of rotatable bonds is 4. The summed E-state index contributed by atoms with van der Waals surface area (Å²) in [5, 5.41) is 9.69. The van der Waals surface area contributed by atoms with Gasteiger partial charge in [-0.15, -0.1) is 0 Å². The van der Waals surface area contributed by atoms with E-state index in [-0.39, 0.29) is 5.56 Å². The number of aryl methyl sites for hydroxylation is 4. The molecule has 6 nitrogen and oxygen atoms in total. The van der Waals surface area contributed by atoms with Gasteiger partial charge in [-0.3, -0.25) is 0 Å². The minimum atomic E-state index is -1.02. The van der Waals surface area contributed by atoms with Crippen molar-refractivity contribution in [1.82, 2.24) is 15.0 Å². The molecule has 0 saturated carbocycles. The van der Waals surface area contributed by atoms with E-state index < -0.39 is 5.97 Å². The molecule has 0 fully saturated rings. The second kappa shape index (κ2) is 5.62. The first kappa shape index (κ1) is 14.5. The number of carboxylic acid groups (broad SMARTS) is 1. The van der Waals surface area contributed by atoms with Crippen molar-refractivity contribution in [2.75, 3.05) is 0 Å². The van der Waals surface area contributed by atoms with Crippen LogP contribution in [0.4, 0.5) is 0 Å². The van der Waals surface area contributed by atoms with Gasteiger partial charge in [0.25, 0.3) is 0 Å². The van der Waals surface area contributed by atoms with Crippen LogP contribution in [0.25, 0.3) is 0 Å². The van der Waals surface area contributed by atoms with Crippen molar-refractivity contribution in [2.45, 2.75) is 38.5 Å². The van der Waals surface area contributed by atoms with Gasteiger partial charge in [0, 0.05) is 0 Å². The van der Waals surface area contributed by atoms with Gasteiger partial charge in [0.2, 0.25) is 5.89 Å². The van der Waals surface area contributed by atoms with Gasteiger partial charge in [-0.05, 0) is 27.7 Å². The third kappa shape index (κ3) is 2.98. The fourth-order valence-corrected chi connectivity index (χ4v) is 2.72. The molecule has 2 aromatic rings. The molecule has 0 aliphatic heterocycles. The van der Waals surface area contributed by atoms with Crippen molar-refractivity contribution >= 4 is 17.7 Å². The molecular formula is C13H15N3O3S. The predicted octanol–water partition coefficient (Wildman–Crippen LogP) is 2.69. The van der Waals surface area contributed by atoms with Crippen LogP contribution in [0.2, 0.25) is 0 Å². The smallest absolute Gasteiger partial charge is 0.340 e. The number of thioether (sulfide) groups is 1. The topological polar surface area (TPSA) is 89.1 Å². The minimum Gasteiger partial charge on any atom is -0.478 e. The van der Waals surface area contributed by atoms with Gasteiger partial charge >= 0.3 is 5.97 Å². The molecule has 7 heteroatoms. The summed E-state index contributed by atoms with van der Waals surface area (Å²) in [5.74, 6) is 1.30. The number of carbonyl (C=O) groups is 1. The normalized spacial score (nSPS) is 10.8. The first-order chi connectivity index (χ1) is 9.38. The summed E-state index contributed by atoms with van der Waals surface area (Å²) in [5.41, 5.74) is 1.45. The maximum absolute atomic E-state index is 11.3. The Labute approximate surface area is 120 Å². The molecule has 0 aliphatic rings. The molecule has 106 valence electrons. The molecule has 0 aliphatic carbocycles. The Kier molecular flexibility index (Phi) is 4.08. The number of carboxylic acids is 1. The molecule has 0 aromatic carbocycles. The highest BCUT2D eigenvalue weighted by molar-refractivity contribution is 7.98. The molecule has 0 amide bonds. The fourth-order valence-electron chi connectivity index (χ4n) is 1.76. The van der Waals surface area contributed by atoms with Gasteiger partial charge in [-0.1, -0.05) is 11.8 Å². The van der Waals surface area contributed by atoms with E-state index in [1.807, 2.05) is 13.8 Å². The summed E-state index contributed by atoms with van der Waals surface area (Å²) in [6, 6.07) is 0. The van der Waals surface area contributed by atoms with Gasteiger partial charge in [0.15, 0.2) is 0 Å². The Hall–Kier alpha value is -1.89. The lowest BCUT2D eigenvalue weighted by Crippen LogP contribution is -2.08. The number of nitrogens with zero attached hydrogens (tertiary/aromatic N) is 3. The largest absolute Gasteiger partial charge is 0.478 e. The van der Waals surface area contributed by atoms with E-state index in [4.69, 9.17) is 4.42 Å². The summed E-state index contributed by atoms with van der Waals surface area (Å²) in [6.07, 6.45) is 0. The average Bonchev–Trinajstić information content (AvgIpc) is 2.64. The molecule has 0 spiro atoms. The highest BCUT2D eigenvalue weighted by Gasteiger charge is 2.18. The Morgan fingerprint density at radius 3 is 2.40 bits per heavy atom. The Morgan fingerprint density at radius 1 is 1.15 bits per heavy atom. The molecule has 0 saturated heterocycles. The van der Waals surface area contributed by atoms with Crippen molar-refractivity contribution in [3.63, 3.8) is 0 Å². The quantitative estimate of drug-likeness (QED) is 0.684. The monoisotopic (exact) mass is 293 g/mol. The molecule has 2 heterocycles. The van der Waals surface area contributed by atoms with Gasteiger partial charge in [-0.2, -0.15) is 0 Å². The molecule has 20 heavy (non-hydrogen) atoms. The van der Waals surface area contributed by atoms with E-state index in [9.17, 15) is 9.90 Å². The maximum atomic E-state index is 11.3. The molecule has 0 unspecified atom stereocenters. The van der Waals surface area contributed by atoms with E-state index in [0.717, 1.165) is 11.5 Å². The summed E-state index contributed by atoms with van der Waals surface area (Å²) in [6.45, 7) is 7.12. The van der Waals surface area contributed by atoms with E-state index in [1.165, 1.54) is 11.8 Å². The second-order valence-electron chi connectivity index (χ2n) is 4.38. The van der Waals surface area contributed by atoms with Gasteiger partial charge in [0.05, 0.1) is 17.1 Å². The predicted molar refractivity (Wildman–Crippen MR) is 74.0 cm³/mol. The third-order valence-electron chi connectivity index (χ3n) is 2.79. The lowest BCUT2D eigenvalue weighted by Gasteiger charge is -2.07. The van der Waals surface area contributed by atoms with Crippen molar-refractivity contribution in [2.24, 2.45) is 0 Å². The van der Waals surface area contributed by atoms with Crippen LogP contribution in [-0.4, -0.2) is 26.0 Å². The lowest BCUT2D eigenvalue weighted by atomic mass is 10.2. The first-order valence-corrected chi connectivity index (χ1v) is 7.01. The average molecular weight is 293 g/mol. The Bertz CT molecular complexity index is 648. The number of oxazole rings is 1. The summed E-state index contributed by atoms with van der Waals surface area (Å²) < 4.78 is 5.47. The van der Waals surface area contributed by atoms with E-state index in [0.29, 0.717) is 28.2 Å². The van der Waals surface area contributed by atoms with Crippen LogP contribution >= 0.6 is 11.8 Å². The van der Waals surface area contributed by atoms with Gasteiger partial charge < -0.3 is 9.52 Å². The summed E-state index contributed by atoms with van der Waals surface area (Å²) in [4.78, 5) is 23.8. The van der Waals surface area contributed by atoms with Crippen LogP contribution in [0.15, 0.2) is 9.44 Å². The first-order valence-electron chi connectivity index (χ1n) is 6.02. The molecule has 1 N–H and O–H groups in total. The highest BCUT2D eigenvalue weighted by atomic mass is 32.2. The van der Waals surface area contributed by atoms with Crippen molar-refractivity contribution in [1.29, 1.82) is 0 Å². The number of aromatic carboxylic acids is 1. The van der Waals surface area contributed by atoms with Crippen LogP contribution in [-0.2, 0) is 5.75 Å². The van der Waals surface area contributed by atoms with Crippen molar-refractivity contribution in [3.05, 3.63) is 34.4 Å². The summed E-state index contributed by atoms with van der Waals surface area (Å²) >= 11 is 1.29. The van der Waals surface area contributed by atoms with Crippen molar-refractivity contribution < 1.29 is 14.3 Å². The molecule has 2 rings (SSSR count). The Morgan fingerprint density at radius 2 is 1.85 bits per heavy atom. The lowest BCUT2D eigenvalue weighted by molar-refractivity contribution is 0.0690. The van der Waals surface area contributed by atoms with Gasteiger partial charge in [0.1, 0.15) is 22.2 Å². The summed E-state index contributed by atoms with van der Waals surface area (Å²) in [7, 11) is 0. The molecule has 0 bridgehead atoms. The molecule has 2 aromatic heterocycles. The van der Waals surface area contributed by atoms with Crippen LogP contribution in [0.1, 0.15) is 39.2 Å². The zero-order valence-corrected chi connectivity index (χ0v) is 12.5. The van der Waals surface area contributed by atoms with Crippen LogP contribution < -0.4 is 0 Å². The zero-order valence-electron chi connectivity index (χ0n) is 11.7. The fraction of sp³-hybridized carbons (Fsp3) is 0.385. The van der Waals surface area contributed by atoms with E-state index in [2.05, 4.69) is 15.0 Å². The molecule has 0 atom stereocenters. The zero-order chi connectivity index (χ0) is 14.9. The number of hydrogen-bond acceptors (Lipinski definition) is 6. The van der Waals surface area contributed by atoms with Crippen LogP contribution in [0.3, 0.4) is 0 Å². The van der Waals surface area contributed by atoms with Crippen LogP contribution in [0, 0.1) is 27.7 Å².